The standard InChI is InChI=1S/C14H15FN2O3/c15-12-4-2-1-3-10(12)8-17-6-5-13(16-20)11(9-17)7-14(18)19/h1-4,7,13H,5-6,8-9H2,(H,18,19)/b11-7-. The van der Waals surface area contributed by atoms with E-state index in [4.69, 9.17) is 5.11 Å². The first-order valence-electron chi connectivity index (χ1n) is 6.31. The maximum atomic E-state index is 13.6. The van der Waals surface area contributed by atoms with Gasteiger partial charge in [-0.2, -0.15) is 4.91 Å². The molecule has 0 spiro atoms. The number of carboxylic acid groups (broad SMARTS) is 1. The SMILES string of the molecule is O=NC1CCN(Cc2ccccc2F)C/C1=C/C(=O)O. The monoisotopic (exact) mass is 278 g/mol. The van der Waals surface area contributed by atoms with Gasteiger partial charge in [0, 0.05) is 31.3 Å². The Hall–Kier alpha value is -2.08. The van der Waals surface area contributed by atoms with Gasteiger partial charge in [0.1, 0.15) is 11.9 Å². The van der Waals surface area contributed by atoms with E-state index in [1.54, 1.807) is 18.2 Å². The molecular weight excluding hydrogens is 263 g/mol. The minimum absolute atomic E-state index is 0.285. The Labute approximate surface area is 115 Å². The predicted octanol–water partition coefficient (Wildman–Crippen LogP) is 2.18. The second-order valence-corrected chi connectivity index (χ2v) is 4.77. The van der Waals surface area contributed by atoms with Gasteiger partial charge in [0.05, 0.1) is 0 Å². The molecule has 0 aromatic heterocycles. The van der Waals surface area contributed by atoms with Gasteiger partial charge in [-0.25, -0.2) is 9.18 Å². The average Bonchev–Trinajstić information content (AvgIpc) is 2.41. The zero-order chi connectivity index (χ0) is 14.5. The summed E-state index contributed by atoms with van der Waals surface area (Å²) in [4.78, 5) is 23.4. The summed E-state index contributed by atoms with van der Waals surface area (Å²) in [5, 5.41) is 11.8. The van der Waals surface area contributed by atoms with E-state index in [1.165, 1.54) is 6.07 Å². The van der Waals surface area contributed by atoms with Gasteiger partial charge in [-0.15, -0.1) is 0 Å². The summed E-state index contributed by atoms with van der Waals surface area (Å²) >= 11 is 0. The number of rotatable bonds is 4. The first kappa shape index (κ1) is 14.3. The van der Waals surface area contributed by atoms with Crippen molar-refractivity contribution in [3.8, 4) is 0 Å². The van der Waals surface area contributed by atoms with Crippen LogP contribution >= 0.6 is 0 Å². The van der Waals surface area contributed by atoms with Crippen molar-refractivity contribution in [3.63, 3.8) is 0 Å². The molecule has 0 bridgehead atoms. The molecule has 106 valence electrons. The van der Waals surface area contributed by atoms with Crippen LogP contribution in [-0.2, 0) is 11.3 Å². The molecule has 0 amide bonds. The molecule has 1 aliphatic heterocycles. The third-order valence-corrected chi connectivity index (χ3v) is 3.34. The third-order valence-electron chi connectivity index (χ3n) is 3.34. The summed E-state index contributed by atoms with van der Waals surface area (Å²) in [7, 11) is 0. The lowest BCUT2D eigenvalue weighted by atomic mass is 9.98. The van der Waals surface area contributed by atoms with Crippen molar-refractivity contribution in [1.82, 2.24) is 4.90 Å². The number of likely N-dealkylation sites (tertiary alicyclic amines) is 1. The molecule has 0 saturated carbocycles. The Kier molecular flexibility index (Phi) is 4.57. The smallest absolute Gasteiger partial charge is 0.328 e. The van der Waals surface area contributed by atoms with Crippen LogP contribution in [0.25, 0.3) is 0 Å². The Balaban J connectivity index is 2.10. The lowest BCUT2D eigenvalue weighted by Gasteiger charge is -2.31. The van der Waals surface area contributed by atoms with Gasteiger partial charge in [-0.05, 0) is 18.1 Å². The number of carbonyl (C=O) groups is 1. The molecule has 0 radical (unpaired) electrons. The van der Waals surface area contributed by atoms with E-state index in [1.807, 2.05) is 4.90 Å². The average molecular weight is 278 g/mol. The largest absolute Gasteiger partial charge is 0.478 e. The summed E-state index contributed by atoms with van der Waals surface area (Å²) < 4.78 is 13.6. The number of benzene rings is 1. The molecule has 5 nitrogen and oxygen atoms in total. The van der Waals surface area contributed by atoms with Crippen LogP contribution in [0.5, 0.6) is 0 Å². The molecule has 1 saturated heterocycles. The number of piperidine rings is 1. The maximum absolute atomic E-state index is 13.6. The Bertz CT molecular complexity index is 545. The Morgan fingerprint density at radius 2 is 2.25 bits per heavy atom. The third kappa shape index (κ3) is 3.48. The van der Waals surface area contributed by atoms with Gasteiger partial charge in [0.15, 0.2) is 0 Å². The van der Waals surface area contributed by atoms with E-state index in [0.717, 1.165) is 6.08 Å². The molecule has 1 fully saturated rings. The summed E-state index contributed by atoms with van der Waals surface area (Å²) in [5.74, 6) is -1.38. The topological polar surface area (TPSA) is 70.0 Å². The highest BCUT2D eigenvalue weighted by molar-refractivity contribution is 5.81. The second kappa shape index (κ2) is 6.38. The first-order valence-corrected chi connectivity index (χ1v) is 6.31. The van der Waals surface area contributed by atoms with E-state index in [0.29, 0.717) is 37.2 Å². The lowest BCUT2D eigenvalue weighted by Crippen LogP contribution is -2.37. The van der Waals surface area contributed by atoms with Crippen molar-refractivity contribution in [2.45, 2.75) is 19.0 Å². The summed E-state index contributed by atoms with van der Waals surface area (Å²) in [6, 6.07) is 5.87. The Morgan fingerprint density at radius 1 is 1.50 bits per heavy atom. The number of nitrogens with zero attached hydrogens (tertiary/aromatic N) is 2. The highest BCUT2D eigenvalue weighted by Crippen LogP contribution is 2.21. The molecule has 1 aromatic rings. The molecule has 1 heterocycles. The first-order chi connectivity index (χ1) is 9.60. The predicted molar refractivity (Wildman–Crippen MR) is 71.6 cm³/mol. The van der Waals surface area contributed by atoms with E-state index in [-0.39, 0.29) is 5.82 Å². The molecular formula is C14H15FN2O3. The number of halogens is 1. The van der Waals surface area contributed by atoms with Crippen LogP contribution < -0.4 is 0 Å². The fourth-order valence-electron chi connectivity index (χ4n) is 2.36. The minimum atomic E-state index is -1.10. The van der Waals surface area contributed by atoms with Crippen molar-refractivity contribution in [1.29, 1.82) is 0 Å². The van der Waals surface area contributed by atoms with Gasteiger partial charge in [0.2, 0.25) is 0 Å². The molecule has 20 heavy (non-hydrogen) atoms. The number of nitroso groups, excluding NO2 is 1. The van der Waals surface area contributed by atoms with Crippen LogP contribution in [0.3, 0.4) is 0 Å². The van der Waals surface area contributed by atoms with Crippen LogP contribution in [0.15, 0.2) is 41.1 Å². The van der Waals surface area contributed by atoms with Crippen molar-refractivity contribution in [2.24, 2.45) is 5.18 Å². The molecule has 1 N–H and O–H groups in total. The van der Waals surface area contributed by atoms with Crippen LogP contribution in [0.2, 0.25) is 0 Å². The van der Waals surface area contributed by atoms with Crippen LogP contribution in [0, 0.1) is 10.7 Å². The molecule has 1 unspecified atom stereocenters. The van der Waals surface area contributed by atoms with Crippen molar-refractivity contribution < 1.29 is 14.3 Å². The Morgan fingerprint density at radius 3 is 2.90 bits per heavy atom. The molecule has 2 rings (SSSR count). The van der Waals surface area contributed by atoms with Gasteiger partial charge in [-0.3, -0.25) is 4.90 Å². The van der Waals surface area contributed by atoms with Crippen LogP contribution in [0.1, 0.15) is 12.0 Å². The van der Waals surface area contributed by atoms with Crippen molar-refractivity contribution >= 4 is 5.97 Å². The zero-order valence-electron chi connectivity index (χ0n) is 10.8. The highest BCUT2D eigenvalue weighted by Gasteiger charge is 2.25. The maximum Gasteiger partial charge on any atom is 0.328 e. The van der Waals surface area contributed by atoms with Crippen molar-refractivity contribution in [3.05, 3.63) is 52.2 Å². The zero-order valence-corrected chi connectivity index (χ0v) is 10.8. The normalized spacial score (nSPS) is 21.9. The number of carboxylic acids is 1. The molecule has 1 aliphatic rings. The van der Waals surface area contributed by atoms with Gasteiger partial charge < -0.3 is 5.11 Å². The second-order valence-electron chi connectivity index (χ2n) is 4.77. The number of hydrogen-bond acceptors (Lipinski definition) is 4. The van der Waals surface area contributed by atoms with Gasteiger partial charge in [-0.1, -0.05) is 23.4 Å². The highest BCUT2D eigenvalue weighted by atomic mass is 19.1. The molecule has 1 atom stereocenters. The van der Waals surface area contributed by atoms with Gasteiger partial charge in [0.25, 0.3) is 0 Å². The van der Waals surface area contributed by atoms with E-state index >= 15 is 0 Å². The molecule has 6 heteroatoms. The summed E-state index contributed by atoms with van der Waals surface area (Å²) in [5.41, 5.74) is 1.02. The van der Waals surface area contributed by atoms with Crippen molar-refractivity contribution in [2.75, 3.05) is 13.1 Å². The minimum Gasteiger partial charge on any atom is -0.478 e. The van der Waals surface area contributed by atoms with Crippen LogP contribution in [-0.4, -0.2) is 35.1 Å². The van der Waals surface area contributed by atoms with E-state index < -0.39 is 12.0 Å². The van der Waals surface area contributed by atoms with E-state index in [2.05, 4.69) is 5.18 Å². The molecule has 1 aromatic carbocycles. The number of aliphatic carboxylic acids is 1. The number of hydrogen-bond donors (Lipinski definition) is 1. The fraction of sp³-hybridized carbons (Fsp3) is 0.357. The quantitative estimate of drug-likeness (QED) is 0.677. The van der Waals surface area contributed by atoms with Gasteiger partial charge >= 0.3 is 5.97 Å². The fourth-order valence-corrected chi connectivity index (χ4v) is 2.36. The lowest BCUT2D eigenvalue weighted by molar-refractivity contribution is -0.131. The summed E-state index contributed by atoms with van der Waals surface area (Å²) in [6.45, 7) is 1.29. The van der Waals surface area contributed by atoms with E-state index in [9.17, 15) is 14.1 Å². The van der Waals surface area contributed by atoms with Crippen LogP contribution in [0.4, 0.5) is 4.39 Å². The summed E-state index contributed by atoms with van der Waals surface area (Å²) in [6.07, 6.45) is 1.48. The molecule has 0 aliphatic carbocycles.